The van der Waals surface area contributed by atoms with E-state index in [0.717, 1.165) is 12.2 Å². The van der Waals surface area contributed by atoms with Gasteiger partial charge in [-0.1, -0.05) is 17.7 Å². The van der Waals surface area contributed by atoms with E-state index in [0.29, 0.717) is 17.0 Å². The molecule has 84 valence electrons. The molecule has 1 unspecified atom stereocenters. The number of halogens is 2. The summed E-state index contributed by atoms with van der Waals surface area (Å²) >= 11 is 7.34. The van der Waals surface area contributed by atoms with Crippen molar-refractivity contribution in [2.45, 2.75) is 18.9 Å². The maximum Gasteiger partial charge on any atom is 0.130 e. The first kappa shape index (κ1) is 12.8. The molecule has 0 amide bonds. The maximum absolute atomic E-state index is 13.4. The number of benzene rings is 1. The predicted octanol–water partition coefficient (Wildman–Crippen LogP) is 3.66. The van der Waals surface area contributed by atoms with Crippen LogP contribution in [0.25, 0.3) is 0 Å². The van der Waals surface area contributed by atoms with Gasteiger partial charge in [-0.3, -0.25) is 0 Å². The summed E-state index contributed by atoms with van der Waals surface area (Å²) in [7, 11) is 0. The highest BCUT2D eigenvalue weighted by molar-refractivity contribution is 7.98. The lowest BCUT2D eigenvalue weighted by molar-refractivity contribution is 0.162. The zero-order valence-electron chi connectivity index (χ0n) is 8.54. The van der Waals surface area contributed by atoms with E-state index in [-0.39, 0.29) is 0 Å². The Kier molecular flexibility index (Phi) is 5.43. The molecule has 0 bridgehead atoms. The van der Waals surface area contributed by atoms with E-state index >= 15 is 0 Å². The van der Waals surface area contributed by atoms with Crippen LogP contribution in [0.15, 0.2) is 18.2 Å². The van der Waals surface area contributed by atoms with Crippen molar-refractivity contribution in [3.63, 3.8) is 0 Å². The lowest BCUT2D eigenvalue weighted by Crippen LogP contribution is -2.01. The molecule has 1 N–H and O–H groups in total. The molecule has 0 aliphatic rings. The highest BCUT2D eigenvalue weighted by Gasteiger charge is 2.12. The van der Waals surface area contributed by atoms with Crippen LogP contribution in [-0.2, 0) is 0 Å². The second kappa shape index (κ2) is 6.36. The number of rotatable bonds is 5. The summed E-state index contributed by atoms with van der Waals surface area (Å²) in [5.41, 5.74) is 0.334. The maximum atomic E-state index is 13.4. The van der Waals surface area contributed by atoms with Crippen molar-refractivity contribution in [1.29, 1.82) is 0 Å². The van der Waals surface area contributed by atoms with Crippen LogP contribution in [0.2, 0.25) is 5.02 Å². The van der Waals surface area contributed by atoms with Gasteiger partial charge in [-0.05, 0) is 37.0 Å². The minimum Gasteiger partial charge on any atom is -0.388 e. The molecule has 0 fully saturated rings. The van der Waals surface area contributed by atoms with Gasteiger partial charge >= 0.3 is 0 Å². The summed E-state index contributed by atoms with van der Waals surface area (Å²) in [5.74, 6) is 0.547. The van der Waals surface area contributed by atoms with Gasteiger partial charge in [0.15, 0.2) is 0 Å². The molecule has 15 heavy (non-hydrogen) atoms. The van der Waals surface area contributed by atoms with Gasteiger partial charge < -0.3 is 5.11 Å². The second-order valence-corrected chi connectivity index (χ2v) is 4.74. The highest BCUT2D eigenvalue weighted by atomic mass is 35.5. The molecule has 1 aromatic carbocycles. The first-order valence-corrected chi connectivity index (χ1v) is 6.54. The minimum atomic E-state index is -0.727. The number of hydrogen-bond donors (Lipinski definition) is 1. The standard InChI is InChI=1S/C11H14ClFOS/c1-15-6-2-3-11(14)9-5-4-8(12)7-10(9)13/h4-5,7,11,14H,2-3,6H2,1H3. The number of aliphatic hydroxyl groups is 1. The molecule has 0 aliphatic carbocycles. The van der Waals surface area contributed by atoms with E-state index in [1.54, 1.807) is 23.9 Å². The van der Waals surface area contributed by atoms with Gasteiger partial charge in [0.2, 0.25) is 0 Å². The molecular weight excluding hydrogens is 235 g/mol. The van der Waals surface area contributed by atoms with Gasteiger partial charge in [0, 0.05) is 10.6 Å². The Morgan fingerprint density at radius 2 is 2.27 bits per heavy atom. The summed E-state index contributed by atoms with van der Waals surface area (Å²) in [6.07, 6.45) is 2.74. The molecule has 0 spiro atoms. The monoisotopic (exact) mass is 248 g/mol. The SMILES string of the molecule is CSCCCC(O)c1ccc(Cl)cc1F. The molecule has 0 radical (unpaired) electrons. The fourth-order valence-corrected chi connectivity index (χ4v) is 1.96. The Labute approximate surface area is 98.6 Å². The van der Waals surface area contributed by atoms with Gasteiger partial charge in [0.25, 0.3) is 0 Å². The summed E-state index contributed by atoms with van der Waals surface area (Å²) < 4.78 is 13.4. The number of hydrogen-bond acceptors (Lipinski definition) is 2. The average molecular weight is 249 g/mol. The molecule has 1 aromatic rings. The van der Waals surface area contributed by atoms with Crippen LogP contribution in [0.4, 0.5) is 4.39 Å². The molecule has 0 aromatic heterocycles. The third-order valence-corrected chi connectivity index (χ3v) is 3.08. The van der Waals surface area contributed by atoms with Crippen molar-refractivity contribution < 1.29 is 9.50 Å². The molecule has 0 aliphatic heterocycles. The highest BCUT2D eigenvalue weighted by Crippen LogP contribution is 2.24. The summed E-state index contributed by atoms with van der Waals surface area (Å²) in [6.45, 7) is 0. The summed E-state index contributed by atoms with van der Waals surface area (Å²) in [4.78, 5) is 0. The van der Waals surface area contributed by atoms with Crippen LogP contribution in [0.3, 0.4) is 0 Å². The number of thioether (sulfide) groups is 1. The molecule has 0 saturated heterocycles. The fraction of sp³-hybridized carbons (Fsp3) is 0.455. The molecule has 1 rings (SSSR count). The first-order chi connectivity index (χ1) is 7.15. The van der Waals surface area contributed by atoms with E-state index < -0.39 is 11.9 Å². The van der Waals surface area contributed by atoms with Crippen molar-refractivity contribution >= 4 is 23.4 Å². The van der Waals surface area contributed by atoms with Crippen LogP contribution >= 0.6 is 23.4 Å². The number of aliphatic hydroxyl groups excluding tert-OH is 1. The van der Waals surface area contributed by atoms with Gasteiger partial charge in [-0.15, -0.1) is 0 Å². The average Bonchev–Trinajstić information content (AvgIpc) is 2.17. The van der Waals surface area contributed by atoms with Gasteiger partial charge in [0.05, 0.1) is 6.10 Å². The van der Waals surface area contributed by atoms with Gasteiger partial charge in [0.1, 0.15) is 5.82 Å². The zero-order valence-corrected chi connectivity index (χ0v) is 10.1. The van der Waals surface area contributed by atoms with E-state index in [9.17, 15) is 9.50 Å². The van der Waals surface area contributed by atoms with Crippen LogP contribution in [0.5, 0.6) is 0 Å². The van der Waals surface area contributed by atoms with Crippen molar-refractivity contribution in [3.8, 4) is 0 Å². The third-order valence-electron chi connectivity index (χ3n) is 2.15. The van der Waals surface area contributed by atoms with Crippen LogP contribution < -0.4 is 0 Å². The third kappa shape index (κ3) is 4.01. The van der Waals surface area contributed by atoms with Gasteiger partial charge in [-0.25, -0.2) is 4.39 Å². The quantitative estimate of drug-likeness (QED) is 0.803. The Bertz CT molecular complexity index is 319. The Morgan fingerprint density at radius 3 is 2.87 bits per heavy atom. The molecule has 0 heterocycles. The van der Waals surface area contributed by atoms with E-state index in [1.807, 2.05) is 6.26 Å². The van der Waals surface area contributed by atoms with Crippen LogP contribution in [-0.4, -0.2) is 17.1 Å². The smallest absolute Gasteiger partial charge is 0.130 e. The Morgan fingerprint density at radius 1 is 1.53 bits per heavy atom. The normalized spacial score (nSPS) is 12.8. The molecular formula is C11H14ClFOS. The van der Waals surface area contributed by atoms with Crippen molar-refractivity contribution in [3.05, 3.63) is 34.6 Å². The molecule has 0 saturated carbocycles. The molecule has 4 heteroatoms. The largest absolute Gasteiger partial charge is 0.388 e. The van der Waals surface area contributed by atoms with E-state index in [2.05, 4.69) is 0 Å². The van der Waals surface area contributed by atoms with Crippen molar-refractivity contribution in [2.75, 3.05) is 12.0 Å². The second-order valence-electron chi connectivity index (χ2n) is 3.32. The van der Waals surface area contributed by atoms with E-state index in [1.165, 1.54) is 6.07 Å². The Hall–Kier alpha value is -0.250. The summed E-state index contributed by atoms with van der Waals surface area (Å²) in [6, 6.07) is 4.37. The van der Waals surface area contributed by atoms with Crippen LogP contribution in [0, 0.1) is 5.82 Å². The van der Waals surface area contributed by atoms with Crippen LogP contribution in [0.1, 0.15) is 24.5 Å². The van der Waals surface area contributed by atoms with E-state index in [4.69, 9.17) is 11.6 Å². The molecule has 1 atom stereocenters. The summed E-state index contributed by atoms with van der Waals surface area (Å²) in [5, 5.41) is 10.1. The molecule has 1 nitrogen and oxygen atoms in total. The van der Waals surface area contributed by atoms with Gasteiger partial charge in [-0.2, -0.15) is 11.8 Å². The van der Waals surface area contributed by atoms with Crippen molar-refractivity contribution in [2.24, 2.45) is 0 Å². The van der Waals surface area contributed by atoms with Crippen molar-refractivity contribution in [1.82, 2.24) is 0 Å². The lowest BCUT2D eigenvalue weighted by atomic mass is 10.1. The predicted molar refractivity (Wildman–Crippen MR) is 64.0 cm³/mol. The topological polar surface area (TPSA) is 20.2 Å². The fourth-order valence-electron chi connectivity index (χ4n) is 1.35. The lowest BCUT2D eigenvalue weighted by Gasteiger charge is -2.11. The Balaban J connectivity index is 2.61. The zero-order chi connectivity index (χ0) is 11.3. The first-order valence-electron chi connectivity index (χ1n) is 4.77. The minimum absolute atomic E-state index is 0.334.